The number of anilines is 1. The van der Waals surface area contributed by atoms with Crippen molar-refractivity contribution >= 4 is 17.3 Å². The minimum Gasteiger partial charge on any atom is -0.326 e. The van der Waals surface area contributed by atoms with Gasteiger partial charge >= 0.3 is 0 Å². The van der Waals surface area contributed by atoms with Crippen molar-refractivity contribution in [1.82, 2.24) is 9.97 Å². The lowest BCUT2D eigenvalue weighted by molar-refractivity contribution is -0.384. The van der Waals surface area contributed by atoms with Gasteiger partial charge in [0.15, 0.2) is 0 Å². The maximum absolute atomic E-state index is 11.7. The maximum atomic E-state index is 11.7. The fourth-order valence-corrected chi connectivity index (χ4v) is 1.64. The van der Waals surface area contributed by atoms with E-state index in [2.05, 4.69) is 15.3 Å². The molecule has 0 radical (unpaired) electrons. The van der Waals surface area contributed by atoms with E-state index in [0.29, 0.717) is 12.1 Å². The number of nitrogens with one attached hydrogen (secondary N) is 1. The molecule has 1 aromatic carbocycles. The van der Waals surface area contributed by atoms with E-state index in [1.54, 1.807) is 18.5 Å². The number of amides is 1. The number of nitro benzene ring substituents is 1. The minimum atomic E-state index is -0.503. The molecule has 1 heterocycles. The third-order valence-electron chi connectivity index (χ3n) is 2.60. The largest absolute Gasteiger partial charge is 0.326 e. The molecule has 0 saturated carbocycles. The number of carbonyl (C=O) groups excluding carboxylic acids is 1. The van der Waals surface area contributed by atoms with Crippen LogP contribution in [0.5, 0.6) is 0 Å². The summed E-state index contributed by atoms with van der Waals surface area (Å²) in [5, 5.41) is 13.3. The lowest BCUT2D eigenvalue weighted by Gasteiger charge is -2.04. The molecule has 0 aliphatic carbocycles. The van der Waals surface area contributed by atoms with Crippen molar-refractivity contribution in [2.45, 2.75) is 12.8 Å². The summed E-state index contributed by atoms with van der Waals surface area (Å²) >= 11 is 0. The fourth-order valence-electron chi connectivity index (χ4n) is 1.64. The molecule has 7 nitrogen and oxygen atoms in total. The van der Waals surface area contributed by atoms with Crippen molar-refractivity contribution in [3.05, 3.63) is 58.7 Å². The number of hydrogen-bond acceptors (Lipinski definition) is 5. The second-order valence-corrected chi connectivity index (χ2v) is 4.10. The summed E-state index contributed by atoms with van der Waals surface area (Å²) < 4.78 is 0. The van der Waals surface area contributed by atoms with Gasteiger partial charge in [-0.2, -0.15) is 0 Å². The molecule has 0 aliphatic rings. The smallest absolute Gasteiger partial charge is 0.271 e. The molecule has 0 atom stereocenters. The Kier molecular flexibility index (Phi) is 4.33. The lowest BCUT2D eigenvalue weighted by atomic mass is 10.2. The normalized spacial score (nSPS) is 10.0. The molecule has 7 heteroatoms. The molecular weight excluding hydrogens is 260 g/mol. The van der Waals surface area contributed by atoms with Crippen LogP contribution < -0.4 is 5.32 Å². The van der Waals surface area contributed by atoms with E-state index in [1.165, 1.54) is 24.5 Å². The molecule has 0 unspecified atom stereocenters. The first-order valence-electron chi connectivity index (χ1n) is 5.93. The van der Waals surface area contributed by atoms with Gasteiger partial charge in [-0.15, -0.1) is 0 Å². The zero-order valence-corrected chi connectivity index (χ0v) is 10.5. The van der Waals surface area contributed by atoms with E-state index in [0.717, 1.165) is 5.56 Å². The molecule has 102 valence electrons. The van der Waals surface area contributed by atoms with Gasteiger partial charge in [-0.25, -0.2) is 9.97 Å². The molecule has 1 amide bonds. The molecule has 0 saturated heterocycles. The number of non-ortho nitro benzene ring substituents is 1. The SMILES string of the molecule is O=C(CCc1cncnc1)Nc1cccc([N+](=O)[O-])c1. The number of nitro groups is 1. The van der Waals surface area contributed by atoms with Crippen molar-refractivity contribution in [2.24, 2.45) is 0 Å². The molecular formula is C13H12N4O3. The van der Waals surface area contributed by atoms with Gasteiger partial charge in [-0.3, -0.25) is 14.9 Å². The van der Waals surface area contributed by atoms with Gasteiger partial charge < -0.3 is 5.32 Å². The molecule has 1 aromatic heterocycles. The number of nitrogens with zero attached hydrogens (tertiary/aromatic N) is 3. The van der Waals surface area contributed by atoms with Gasteiger partial charge in [-0.05, 0) is 18.1 Å². The average Bonchev–Trinajstić information content (AvgIpc) is 2.46. The zero-order chi connectivity index (χ0) is 14.4. The first kappa shape index (κ1) is 13.6. The summed E-state index contributed by atoms with van der Waals surface area (Å²) in [5.41, 5.74) is 1.22. The fraction of sp³-hybridized carbons (Fsp3) is 0.154. The van der Waals surface area contributed by atoms with Crippen LogP contribution in [-0.4, -0.2) is 20.8 Å². The van der Waals surface area contributed by atoms with Gasteiger partial charge in [0.1, 0.15) is 6.33 Å². The number of carbonyl (C=O) groups is 1. The number of rotatable bonds is 5. The van der Waals surface area contributed by atoms with Crippen LogP contribution >= 0.6 is 0 Å². The minimum absolute atomic E-state index is 0.0562. The maximum Gasteiger partial charge on any atom is 0.271 e. The Hall–Kier alpha value is -2.83. The summed E-state index contributed by atoms with van der Waals surface area (Å²) in [6, 6.07) is 5.83. The van der Waals surface area contributed by atoms with Crippen molar-refractivity contribution in [3.63, 3.8) is 0 Å². The van der Waals surface area contributed by atoms with Gasteiger partial charge in [-0.1, -0.05) is 6.07 Å². The lowest BCUT2D eigenvalue weighted by Crippen LogP contribution is -2.12. The van der Waals surface area contributed by atoms with Crippen LogP contribution in [0.3, 0.4) is 0 Å². The number of aromatic nitrogens is 2. The third kappa shape index (κ3) is 3.84. The molecule has 20 heavy (non-hydrogen) atoms. The van der Waals surface area contributed by atoms with Crippen LogP contribution in [0.2, 0.25) is 0 Å². The number of aryl methyl sites for hydroxylation is 1. The van der Waals surface area contributed by atoms with Crippen molar-refractivity contribution < 1.29 is 9.72 Å². The predicted octanol–water partition coefficient (Wildman–Crippen LogP) is 1.96. The van der Waals surface area contributed by atoms with E-state index in [4.69, 9.17) is 0 Å². The highest BCUT2D eigenvalue weighted by Gasteiger charge is 2.08. The van der Waals surface area contributed by atoms with Crippen LogP contribution in [-0.2, 0) is 11.2 Å². The standard InChI is InChI=1S/C13H12N4O3/c18-13(5-4-10-7-14-9-15-8-10)16-11-2-1-3-12(6-11)17(19)20/h1-3,6-9H,4-5H2,(H,16,18). The Morgan fingerprint density at radius 3 is 2.75 bits per heavy atom. The topological polar surface area (TPSA) is 98.0 Å². The molecule has 0 bridgehead atoms. The van der Waals surface area contributed by atoms with E-state index in [9.17, 15) is 14.9 Å². The Bertz CT molecular complexity index is 616. The summed E-state index contributed by atoms with van der Waals surface area (Å²) in [4.78, 5) is 29.6. The highest BCUT2D eigenvalue weighted by molar-refractivity contribution is 5.91. The van der Waals surface area contributed by atoms with Gasteiger partial charge in [0.05, 0.1) is 4.92 Å². The quantitative estimate of drug-likeness (QED) is 0.662. The van der Waals surface area contributed by atoms with Gasteiger partial charge in [0.2, 0.25) is 5.91 Å². The van der Waals surface area contributed by atoms with Crippen molar-refractivity contribution in [2.75, 3.05) is 5.32 Å². The molecule has 1 N–H and O–H groups in total. The monoisotopic (exact) mass is 272 g/mol. The molecule has 0 aliphatic heterocycles. The highest BCUT2D eigenvalue weighted by atomic mass is 16.6. The summed E-state index contributed by atoms with van der Waals surface area (Å²) in [7, 11) is 0. The van der Waals surface area contributed by atoms with Crippen molar-refractivity contribution in [1.29, 1.82) is 0 Å². The molecule has 0 fully saturated rings. The Morgan fingerprint density at radius 2 is 2.05 bits per heavy atom. The summed E-state index contributed by atoms with van der Waals surface area (Å²) in [6.07, 6.45) is 5.49. The average molecular weight is 272 g/mol. The molecule has 0 spiro atoms. The first-order chi connectivity index (χ1) is 9.65. The van der Waals surface area contributed by atoms with Crippen LogP contribution in [0.15, 0.2) is 43.0 Å². The third-order valence-corrected chi connectivity index (χ3v) is 2.60. The van der Waals surface area contributed by atoms with Gasteiger partial charge in [0.25, 0.3) is 5.69 Å². The predicted molar refractivity (Wildman–Crippen MR) is 72.1 cm³/mol. The Labute approximate surface area is 114 Å². The summed E-state index contributed by atoms with van der Waals surface area (Å²) in [5.74, 6) is -0.214. The van der Waals surface area contributed by atoms with Crippen LogP contribution in [0, 0.1) is 10.1 Å². The Morgan fingerprint density at radius 1 is 1.30 bits per heavy atom. The number of hydrogen-bond donors (Lipinski definition) is 1. The second-order valence-electron chi connectivity index (χ2n) is 4.10. The number of benzene rings is 1. The highest BCUT2D eigenvalue weighted by Crippen LogP contribution is 2.17. The van der Waals surface area contributed by atoms with E-state index in [1.807, 2.05) is 0 Å². The Balaban J connectivity index is 1.91. The second kappa shape index (κ2) is 6.37. The van der Waals surface area contributed by atoms with Crippen LogP contribution in [0.25, 0.3) is 0 Å². The van der Waals surface area contributed by atoms with E-state index in [-0.39, 0.29) is 18.0 Å². The van der Waals surface area contributed by atoms with Crippen LogP contribution in [0.1, 0.15) is 12.0 Å². The zero-order valence-electron chi connectivity index (χ0n) is 10.5. The van der Waals surface area contributed by atoms with E-state index < -0.39 is 4.92 Å². The molecule has 2 aromatic rings. The summed E-state index contributed by atoms with van der Waals surface area (Å²) in [6.45, 7) is 0. The van der Waals surface area contributed by atoms with E-state index >= 15 is 0 Å². The first-order valence-corrected chi connectivity index (χ1v) is 5.93. The van der Waals surface area contributed by atoms with Crippen LogP contribution in [0.4, 0.5) is 11.4 Å². The molecule has 2 rings (SSSR count). The van der Waals surface area contributed by atoms with Crippen molar-refractivity contribution in [3.8, 4) is 0 Å². The van der Waals surface area contributed by atoms with Gasteiger partial charge in [0, 0.05) is 36.6 Å².